The third-order valence-electron chi connectivity index (χ3n) is 5.53. The number of nitrogens with zero attached hydrogens (tertiary/aromatic N) is 4. The Kier molecular flexibility index (Phi) is 5.16. The van der Waals surface area contributed by atoms with Gasteiger partial charge in [-0.05, 0) is 59.5 Å². The molecule has 5 rings (SSSR count). The number of aromatic nitrogens is 3. The molecule has 2 aromatic carbocycles. The van der Waals surface area contributed by atoms with E-state index in [2.05, 4.69) is 15.4 Å². The van der Waals surface area contributed by atoms with Gasteiger partial charge in [0.15, 0.2) is 5.65 Å². The van der Waals surface area contributed by atoms with Gasteiger partial charge in [-0.1, -0.05) is 35.9 Å². The molecule has 9 heteroatoms. The average molecular weight is 449 g/mol. The Morgan fingerprint density at radius 1 is 1.16 bits per heavy atom. The van der Waals surface area contributed by atoms with Gasteiger partial charge in [0.2, 0.25) is 5.95 Å². The number of aryl methyl sites for hydroxylation is 1. The highest BCUT2D eigenvalue weighted by Crippen LogP contribution is 2.32. The second-order valence-corrected chi connectivity index (χ2v) is 8.10. The summed E-state index contributed by atoms with van der Waals surface area (Å²) in [5.74, 6) is 0.222. The van der Waals surface area contributed by atoms with Crippen LogP contribution in [-0.4, -0.2) is 32.3 Å². The molecule has 0 spiro atoms. The van der Waals surface area contributed by atoms with Crippen LogP contribution in [0.25, 0.3) is 16.8 Å². The zero-order valence-electron chi connectivity index (χ0n) is 17.3. The van der Waals surface area contributed by atoms with Gasteiger partial charge >= 0.3 is 6.03 Å². The van der Waals surface area contributed by atoms with Crippen LogP contribution in [0.5, 0.6) is 0 Å². The Labute approximate surface area is 189 Å². The lowest BCUT2D eigenvalue weighted by Crippen LogP contribution is -2.33. The number of carbonyl (C=O) groups excluding carboxylic acids is 1. The van der Waals surface area contributed by atoms with E-state index in [1.807, 2.05) is 61.5 Å². The van der Waals surface area contributed by atoms with Crippen molar-refractivity contribution in [3.05, 3.63) is 76.9 Å². The lowest BCUT2D eigenvalue weighted by atomic mass is 10.0. The Balaban J connectivity index is 1.39. The molecule has 32 heavy (non-hydrogen) atoms. The maximum Gasteiger partial charge on any atom is 0.346 e. The minimum absolute atomic E-state index is 0.170. The predicted molar refractivity (Wildman–Crippen MR) is 123 cm³/mol. The zero-order valence-corrected chi connectivity index (χ0v) is 18.1. The molecule has 0 bridgehead atoms. The van der Waals surface area contributed by atoms with Crippen molar-refractivity contribution in [2.24, 2.45) is 0 Å². The van der Waals surface area contributed by atoms with E-state index in [0.717, 1.165) is 28.7 Å². The third kappa shape index (κ3) is 3.86. The highest BCUT2D eigenvalue weighted by Gasteiger charge is 2.32. The number of halogens is 1. The number of benzene rings is 2. The van der Waals surface area contributed by atoms with E-state index in [0.29, 0.717) is 23.0 Å². The number of urea groups is 1. The highest BCUT2D eigenvalue weighted by molar-refractivity contribution is 6.30. The Hall–Kier alpha value is -3.62. The molecule has 1 saturated heterocycles. The summed E-state index contributed by atoms with van der Waals surface area (Å²) < 4.78 is 1.62. The number of anilines is 2. The normalized spacial score (nSPS) is 15.9. The number of hydrogen-bond donors (Lipinski definition) is 2. The first-order chi connectivity index (χ1) is 15.5. The predicted octanol–water partition coefficient (Wildman–Crippen LogP) is 4.85. The maximum absolute atomic E-state index is 13.1. The Morgan fingerprint density at radius 3 is 2.75 bits per heavy atom. The van der Waals surface area contributed by atoms with Crippen LogP contribution in [0.4, 0.5) is 16.4 Å². The number of pyridine rings is 1. The lowest BCUT2D eigenvalue weighted by Gasteiger charge is -2.23. The molecule has 1 aliphatic heterocycles. The number of hydroxylamine groups is 2. The molecule has 1 aliphatic rings. The summed E-state index contributed by atoms with van der Waals surface area (Å²) in [6.07, 6.45) is 2.52. The number of nitrogens with one attached hydrogen (secondary N) is 1. The van der Waals surface area contributed by atoms with Gasteiger partial charge in [-0.25, -0.2) is 9.31 Å². The van der Waals surface area contributed by atoms with Crippen molar-refractivity contribution in [1.29, 1.82) is 0 Å². The van der Waals surface area contributed by atoms with Crippen molar-refractivity contribution in [3.8, 4) is 11.1 Å². The minimum Gasteiger partial charge on any atom is -0.366 e. The van der Waals surface area contributed by atoms with Crippen molar-refractivity contribution in [1.82, 2.24) is 19.7 Å². The molecule has 2 amide bonds. The molecule has 4 aromatic rings. The lowest BCUT2D eigenvalue weighted by molar-refractivity contribution is -0.0829. The molecule has 3 N–H and O–H groups in total. The second-order valence-electron chi connectivity index (χ2n) is 7.66. The monoisotopic (exact) mass is 448 g/mol. The van der Waals surface area contributed by atoms with Crippen molar-refractivity contribution in [2.45, 2.75) is 19.4 Å². The summed E-state index contributed by atoms with van der Waals surface area (Å²) in [6, 6.07) is 16.7. The van der Waals surface area contributed by atoms with Gasteiger partial charge in [0.05, 0.1) is 12.6 Å². The second kappa shape index (κ2) is 8.14. The highest BCUT2D eigenvalue weighted by atomic mass is 35.5. The molecular weight excluding hydrogens is 428 g/mol. The Bertz CT molecular complexity index is 1300. The van der Waals surface area contributed by atoms with Crippen molar-refractivity contribution >= 4 is 34.9 Å². The van der Waals surface area contributed by atoms with Crippen molar-refractivity contribution in [3.63, 3.8) is 0 Å². The van der Waals surface area contributed by atoms with Gasteiger partial charge in [0, 0.05) is 23.3 Å². The summed E-state index contributed by atoms with van der Waals surface area (Å²) in [5.41, 5.74) is 10.8. The first-order valence-electron chi connectivity index (χ1n) is 10.2. The maximum atomic E-state index is 13.1. The first-order valence-corrected chi connectivity index (χ1v) is 10.6. The molecule has 2 aromatic heterocycles. The summed E-state index contributed by atoms with van der Waals surface area (Å²) in [4.78, 5) is 22.9. The van der Waals surface area contributed by atoms with E-state index < -0.39 is 0 Å². The molecule has 1 fully saturated rings. The van der Waals surface area contributed by atoms with Crippen LogP contribution in [0.3, 0.4) is 0 Å². The topological polar surface area (TPSA) is 97.8 Å². The number of amides is 2. The fourth-order valence-corrected chi connectivity index (χ4v) is 3.97. The first kappa shape index (κ1) is 20.3. The third-order valence-corrected chi connectivity index (χ3v) is 5.78. The van der Waals surface area contributed by atoms with E-state index in [-0.39, 0.29) is 18.0 Å². The van der Waals surface area contributed by atoms with Gasteiger partial charge in [-0.3, -0.25) is 4.84 Å². The van der Waals surface area contributed by atoms with Crippen LogP contribution in [0.1, 0.15) is 23.6 Å². The van der Waals surface area contributed by atoms with Gasteiger partial charge in [0.1, 0.15) is 0 Å². The Morgan fingerprint density at radius 2 is 1.94 bits per heavy atom. The standard InChI is InChI=1S/C23H21ClN6O2/c1-14-2-3-16(17-8-10-29-21(13-17)27-22(25)28-29)12-19(14)26-23(31)30-20(9-11-32-30)15-4-6-18(24)7-5-15/h2-8,10,12-13,20H,9,11H2,1H3,(H2,25,28)(H,26,31). The van der Waals surface area contributed by atoms with E-state index in [1.165, 1.54) is 5.06 Å². The largest absolute Gasteiger partial charge is 0.366 e. The molecule has 0 saturated carbocycles. The van der Waals surface area contributed by atoms with E-state index in [4.69, 9.17) is 22.2 Å². The van der Waals surface area contributed by atoms with Crippen molar-refractivity contribution in [2.75, 3.05) is 17.7 Å². The summed E-state index contributed by atoms with van der Waals surface area (Å²) in [5, 5.41) is 9.16. The summed E-state index contributed by atoms with van der Waals surface area (Å²) in [6.45, 7) is 2.42. The van der Waals surface area contributed by atoms with Gasteiger partial charge in [-0.2, -0.15) is 10.0 Å². The summed E-state index contributed by atoms with van der Waals surface area (Å²) in [7, 11) is 0. The zero-order chi connectivity index (χ0) is 22.2. The van der Waals surface area contributed by atoms with Crippen LogP contribution in [0.2, 0.25) is 5.02 Å². The molecule has 0 radical (unpaired) electrons. The number of nitrogen functional groups attached to an aromatic ring is 1. The molecular formula is C23H21ClN6O2. The van der Waals surface area contributed by atoms with Gasteiger partial charge < -0.3 is 11.1 Å². The molecule has 0 aliphatic carbocycles. The van der Waals surface area contributed by atoms with E-state index >= 15 is 0 Å². The number of carbonyl (C=O) groups is 1. The van der Waals surface area contributed by atoms with Crippen molar-refractivity contribution < 1.29 is 9.63 Å². The van der Waals surface area contributed by atoms with Crippen LogP contribution < -0.4 is 11.1 Å². The van der Waals surface area contributed by atoms with Crippen LogP contribution >= 0.6 is 11.6 Å². The SMILES string of the molecule is Cc1ccc(-c2ccn3nc(N)nc3c2)cc1NC(=O)N1OCCC1c1ccc(Cl)cc1. The molecule has 1 atom stereocenters. The quantitative estimate of drug-likeness (QED) is 0.466. The van der Waals surface area contributed by atoms with Gasteiger partial charge in [-0.15, -0.1) is 5.10 Å². The molecule has 1 unspecified atom stereocenters. The smallest absolute Gasteiger partial charge is 0.346 e. The number of fused-ring (bicyclic) bond motifs is 1. The fraction of sp³-hybridized carbons (Fsp3) is 0.174. The molecule has 162 valence electrons. The van der Waals surface area contributed by atoms with Gasteiger partial charge in [0.25, 0.3) is 0 Å². The number of rotatable bonds is 3. The van der Waals surface area contributed by atoms with Crippen LogP contribution in [-0.2, 0) is 4.84 Å². The van der Waals surface area contributed by atoms with E-state index in [9.17, 15) is 4.79 Å². The number of nitrogens with two attached hydrogens (primary N) is 1. The minimum atomic E-state index is -0.316. The summed E-state index contributed by atoms with van der Waals surface area (Å²) >= 11 is 6.00. The van der Waals surface area contributed by atoms with Crippen LogP contribution in [0, 0.1) is 6.92 Å². The molecule has 3 heterocycles. The van der Waals surface area contributed by atoms with Crippen LogP contribution in [0.15, 0.2) is 60.8 Å². The fourth-order valence-electron chi connectivity index (χ4n) is 3.84. The average Bonchev–Trinajstić information content (AvgIpc) is 3.41. The molecule has 8 nitrogen and oxygen atoms in total. The van der Waals surface area contributed by atoms with E-state index in [1.54, 1.807) is 10.7 Å². The number of hydrogen-bond acceptors (Lipinski definition) is 5.